The number of anilines is 3. The number of benzene rings is 3. The number of carbonyl (C=O) groups is 1. The van der Waals surface area contributed by atoms with Crippen LogP contribution in [0, 0.1) is 0 Å². The fourth-order valence-corrected chi connectivity index (χ4v) is 3.49. The number of para-hydroxylation sites is 2. The van der Waals surface area contributed by atoms with E-state index in [0.717, 1.165) is 32.4 Å². The zero-order valence-electron chi connectivity index (χ0n) is 14.6. The predicted molar refractivity (Wildman–Crippen MR) is 118 cm³/mol. The first-order chi connectivity index (χ1) is 13.7. The summed E-state index contributed by atoms with van der Waals surface area (Å²) in [6.45, 7) is 0. The first-order valence-electron chi connectivity index (χ1n) is 8.49. The summed E-state index contributed by atoms with van der Waals surface area (Å²) >= 11 is 4.90. The fraction of sp³-hybridized carbons (Fsp3) is 0. The van der Waals surface area contributed by atoms with Crippen LogP contribution in [-0.4, -0.2) is 16.3 Å². The lowest BCUT2D eigenvalue weighted by Crippen LogP contribution is -2.02. The highest BCUT2D eigenvalue weighted by Crippen LogP contribution is 2.29. The average Bonchev–Trinajstić information content (AvgIpc) is 2.73. The van der Waals surface area contributed by atoms with E-state index < -0.39 is 0 Å². The lowest BCUT2D eigenvalue weighted by molar-refractivity contribution is 0.112. The molecule has 3 aromatic carbocycles. The van der Waals surface area contributed by atoms with Gasteiger partial charge >= 0.3 is 0 Å². The number of carbonyl (C=O) groups excluding carboxylic acids is 1. The van der Waals surface area contributed by atoms with Crippen LogP contribution in [0.1, 0.15) is 10.4 Å². The number of halogens is 1. The minimum Gasteiger partial charge on any atom is -0.337 e. The summed E-state index contributed by atoms with van der Waals surface area (Å²) in [5.41, 5.74) is 2.95. The Morgan fingerprint density at radius 2 is 1.57 bits per heavy atom. The molecule has 7 heteroatoms. The van der Waals surface area contributed by atoms with Gasteiger partial charge in [-0.15, -0.1) is 0 Å². The summed E-state index contributed by atoms with van der Waals surface area (Å²) in [4.78, 5) is 21.5. The quantitative estimate of drug-likeness (QED) is 0.274. The van der Waals surface area contributed by atoms with Crippen LogP contribution < -0.4 is 10.0 Å². The van der Waals surface area contributed by atoms with E-state index in [9.17, 15) is 4.79 Å². The van der Waals surface area contributed by atoms with E-state index >= 15 is 0 Å². The van der Waals surface area contributed by atoms with Gasteiger partial charge in [-0.1, -0.05) is 40.2 Å². The molecule has 0 saturated heterocycles. The Bertz CT molecular complexity index is 1130. The molecule has 28 heavy (non-hydrogen) atoms. The molecule has 0 spiro atoms. The number of nitrogens with one attached hydrogen (secondary N) is 2. The Labute approximate surface area is 174 Å². The Balaban J connectivity index is 1.67. The van der Waals surface area contributed by atoms with Gasteiger partial charge in [-0.2, -0.15) is 0 Å². The second-order valence-corrected chi connectivity index (χ2v) is 7.73. The number of fused-ring (bicyclic) bond motifs is 1. The molecule has 138 valence electrons. The van der Waals surface area contributed by atoms with Crippen molar-refractivity contribution in [2.75, 3.05) is 10.0 Å². The number of hydrogen-bond acceptors (Lipinski definition) is 6. The van der Waals surface area contributed by atoms with Crippen LogP contribution in [-0.2, 0) is 0 Å². The minimum atomic E-state index is 0.589. The van der Waals surface area contributed by atoms with Gasteiger partial charge in [0.2, 0.25) is 0 Å². The molecule has 0 amide bonds. The molecule has 5 nitrogen and oxygen atoms in total. The van der Waals surface area contributed by atoms with E-state index in [1.807, 2.05) is 60.7 Å². The third kappa shape index (κ3) is 4.32. The highest BCUT2D eigenvalue weighted by Gasteiger charge is 2.10. The summed E-state index contributed by atoms with van der Waals surface area (Å²) in [5.74, 6) is 1.20. The molecule has 0 unspecified atom stereocenters. The number of hydrogen-bond donors (Lipinski definition) is 2. The van der Waals surface area contributed by atoms with Crippen LogP contribution in [0.15, 0.2) is 82.2 Å². The standard InChI is InChI=1S/C21H15BrN4OS/c22-15-8-10-17(11-9-15)28-26-21-20(23-16-5-3-4-14(12-16)13-27)24-18-6-1-2-7-19(18)25-21/h1-13H,(H,23,24)(H,25,26). The second-order valence-electron chi connectivity index (χ2n) is 5.94. The summed E-state index contributed by atoms with van der Waals surface area (Å²) in [7, 11) is 0. The van der Waals surface area contributed by atoms with Crippen molar-refractivity contribution in [1.82, 2.24) is 9.97 Å². The van der Waals surface area contributed by atoms with Gasteiger partial charge in [0, 0.05) is 20.6 Å². The molecule has 0 aliphatic carbocycles. The summed E-state index contributed by atoms with van der Waals surface area (Å²) in [5, 5.41) is 3.27. The van der Waals surface area contributed by atoms with Crippen molar-refractivity contribution in [2.45, 2.75) is 4.90 Å². The third-order valence-electron chi connectivity index (χ3n) is 3.94. The van der Waals surface area contributed by atoms with Crippen LogP contribution in [0.5, 0.6) is 0 Å². The predicted octanol–water partition coefficient (Wildman–Crippen LogP) is 6.07. The van der Waals surface area contributed by atoms with E-state index in [1.54, 1.807) is 12.1 Å². The van der Waals surface area contributed by atoms with E-state index in [4.69, 9.17) is 9.97 Å². The van der Waals surface area contributed by atoms with Gasteiger partial charge in [-0.25, -0.2) is 9.97 Å². The van der Waals surface area contributed by atoms with Gasteiger partial charge in [0.25, 0.3) is 0 Å². The maximum atomic E-state index is 11.1. The molecular formula is C21H15BrN4OS. The van der Waals surface area contributed by atoms with Crippen LogP contribution in [0.2, 0.25) is 0 Å². The molecule has 0 radical (unpaired) electrons. The Morgan fingerprint density at radius 3 is 2.29 bits per heavy atom. The molecule has 4 aromatic rings. The molecule has 1 aromatic heterocycles. The maximum absolute atomic E-state index is 11.1. The average molecular weight is 451 g/mol. The largest absolute Gasteiger partial charge is 0.337 e. The molecule has 0 atom stereocenters. The van der Waals surface area contributed by atoms with Crippen molar-refractivity contribution in [1.29, 1.82) is 0 Å². The molecule has 4 rings (SSSR count). The van der Waals surface area contributed by atoms with Crippen LogP contribution in [0.4, 0.5) is 17.3 Å². The summed E-state index contributed by atoms with van der Waals surface area (Å²) in [6.07, 6.45) is 0.819. The van der Waals surface area contributed by atoms with E-state index in [-0.39, 0.29) is 0 Å². The molecule has 0 fully saturated rings. The third-order valence-corrected chi connectivity index (χ3v) is 5.27. The van der Waals surface area contributed by atoms with E-state index in [2.05, 4.69) is 26.0 Å². The van der Waals surface area contributed by atoms with Crippen LogP contribution in [0.25, 0.3) is 11.0 Å². The van der Waals surface area contributed by atoms with Gasteiger partial charge in [0.1, 0.15) is 6.29 Å². The topological polar surface area (TPSA) is 66.9 Å². The van der Waals surface area contributed by atoms with E-state index in [0.29, 0.717) is 17.2 Å². The first-order valence-corrected chi connectivity index (χ1v) is 10.1. The van der Waals surface area contributed by atoms with Gasteiger partial charge in [0.15, 0.2) is 11.6 Å². The van der Waals surface area contributed by atoms with Gasteiger partial charge < -0.3 is 10.0 Å². The summed E-state index contributed by atoms with van der Waals surface area (Å²) in [6, 6.07) is 22.9. The van der Waals surface area contributed by atoms with Crippen molar-refractivity contribution in [3.63, 3.8) is 0 Å². The highest BCUT2D eigenvalue weighted by atomic mass is 79.9. The van der Waals surface area contributed by atoms with Gasteiger partial charge in [-0.05, 0) is 60.5 Å². The number of nitrogens with zero attached hydrogens (tertiary/aromatic N) is 2. The lowest BCUT2D eigenvalue weighted by Gasteiger charge is -2.13. The molecular weight excluding hydrogens is 436 g/mol. The lowest BCUT2D eigenvalue weighted by atomic mass is 10.2. The smallest absolute Gasteiger partial charge is 0.180 e. The SMILES string of the molecule is O=Cc1cccc(Nc2nc3ccccc3nc2NSc2ccc(Br)cc2)c1. The normalized spacial score (nSPS) is 10.6. The number of aromatic nitrogens is 2. The maximum Gasteiger partial charge on any atom is 0.180 e. The molecule has 1 heterocycles. The molecule has 0 bridgehead atoms. The fourth-order valence-electron chi connectivity index (χ4n) is 2.59. The van der Waals surface area contributed by atoms with Crippen molar-refractivity contribution in [3.8, 4) is 0 Å². The first kappa shape index (κ1) is 18.5. The van der Waals surface area contributed by atoms with Gasteiger partial charge in [-0.3, -0.25) is 4.79 Å². The highest BCUT2D eigenvalue weighted by molar-refractivity contribution is 9.10. The van der Waals surface area contributed by atoms with E-state index in [1.165, 1.54) is 11.9 Å². The number of aldehydes is 1. The zero-order chi connectivity index (χ0) is 19.3. The van der Waals surface area contributed by atoms with Crippen LogP contribution in [0.3, 0.4) is 0 Å². The molecule has 0 aliphatic heterocycles. The Morgan fingerprint density at radius 1 is 0.857 bits per heavy atom. The second kappa shape index (κ2) is 8.41. The number of rotatable bonds is 6. The van der Waals surface area contributed by atoms with Crippen LogP contribution >= 0.6 is 27.9 Å². The van der Waals surface area contributed by atoms with Gasteiger partial charge in [0.05, 0.1) is 11.0 Å². The van der Waals surface area contributed by atoms with Crippen molar-refractivity contribution in [3.05, 3.63) is 82.8 Å². The minimum absolute atomic E-state index is 0.589. The molecule has 0 aliphatic rings. The summed E-state index contributed by atoms with van der Waals surface area (Å²) < 4.78 is 4.31. The Kier molecular flexibility index (Phi) is 5.55. The monoisotopic (exact) mass is 450 g/mol. The molecule has 2 N–H and O–H groups in total. The van der Waals surface area contributed by atoms with Crippen molar-refractivity contribution in [2.24, 2.45) is 0 Å². The van der Waals surface area contributed by atoms with Crippen molar-refractivity contribution < 1.29 is 4.79 Å². The zero-order valence-corrected chi connectivity index (χ0v) is 17.0. The Hall–Kier alpha value is -2.90. The van der Waals surface area contributed by atoms with Crippen molar-refractivity contribution >= 4 is 62.5 Å². The molecule has 0 saturated carbocycles.